The van der Waals surface area contributed by atoms with E-state index in [1.807, 2.05) is 0 Å². The van der Waals surface area contributed by atoms with E-state index >= 15 is 0 Å². The smallest absolute Gasteiger partial charge is 0.0711 e. The van der Waals surface area contributed by atoms with Gasteiger partial charge in [0.2, 0.25) is 0 Å². The molecule has 1 aliphatic carbocycles. The van der Waals surface area contributed by atoms with E-state index in [4.69, 9.17) is 0 Å². The average molecular weight is 172 g/mol. The maximum absolute atomic E-state index is 2.45. The Hall–Kier alpha value is 0.440. The fraction of sp³-hybridized carbons (Fsp3) is 0.750. The van der Waals surface area contributed by atoms with E-state index < -0.39 is 0 Å². The molecule has 0 unspecified atom stereocenters. The van der Waals surface area contributed by atoms with E-state index in [2.05, 4.69) is 29.6 Å². The lowest BCUT2D eigenvalue weighted by atomic mass is 10.3. The summed E-state index contributed by atoms with van der Waals surface area (Å²) in [5.41, 5.74) is 1.73. The van der Waals surface area contributed by atoms with Crippen molar-refractivity contribution in [3.05, 3.63) is 11.6 Å². The highest BCUT2D eigenvalue weighted by atomic mass is 32.2. The van der Waals surface area contributed by atoms with Crippen molar-refractivity contribution in [2.45, 2.75) is 23.8 Å². The van der Waals surface area contributed by atoms with E-state index in [-0.39, 0.29) is 0 Å². The zero-order chi connectivity index (χ0) is 6.81. The van der Waals surface area contributed by atoms with Gasteiger partial charge in [0.15, 0.2) is 0 Å². The number of hydrogen-bond donors (Lipinski definition) is 0. The van der Waals surface area contributed by atoms with Gasteiger partial charge in [0, 0.05) is 11.5 Å². The molecule has 0 spiro atoms. The Labute approximate surface area is 70.8 Å². The van der Waals surface area contributed by atoms with Crippen LogP contribution in [0.2, 0.25) is 0 Å². The highest BCUT2D eigenvalue weighted by Crippen LogP contribution is 2.40. The van der Waals surface area contributed by atoms with Crippen LogP contribution in [0.3, 0.4) is 0 Å². The molecule has 0 bridgehead atoms. The Morgan fingerprint density at radius 3 is 2.70 bits per heavy atom. The predicted molar refractivity (Wildman–Crippen MR) is 50.6 cm³/mol. The second-order valence-electron chi connectivity index (χ2n) is 2.74. The maximum atomic E-state index is 2.45. The van der Waals surface area contributed by atoms with Crippen LogP contribution in [0.5, 0.6) is 0 Å². The molecule has 0 aromatic heterocycles. The van der Waals surface area contributed by atoms with Crippen LogP contribution in [-0.4, -0.2) is 16.1 Å². The second-order valence-corrected chi connectivity index (χ2v) is 5.47. The Bertz CT molecular complexity index is 145. The van der Waals surface area contributed by atoms with Gasteiger partial charge in [-0.05, 0) is 19.3 Å². The first-order chi connectivity index (χ1) is 4.97. The van der Waals surface area contributed by atoms with Crippen LogP contribution in [0.4, 0.5) is 0 Å². The van der Waals surface area contributed by atoms with Gasteiger partial charge >= 0.3 is 0 Å². The maximum Gasteiger partial charge on any atom is 0.0711 e. The molecule has 56 valence electrons. The first-order valence-electron chi connectivity index (χ1n) is 3.89. The van der Waals surface area contributed by atoms with Crippen molar-refractivity contribution in [3.8, 4) is 0 Å². The summed E-state index contributed by atoms with van der Waals surface area (Å²) < 4.78 is 0.850. The molecule has 0 aromatic rings. The molecule has 0 N–H and O–H groups in total. The van der Waals surface area contributed by atoms with Crippen molar-refractivity contribution >= 4 is 23.5 Å². The van der Waals surface area contributed by atoms with Gasteiger partial charge in [0.1, 0.15) is 0 Å². The van der Waals surface area contributed by atoms with Gasteiger partial charge < -0.3 is 0 Å². The van der Waals surface area contributed by atoms with Crippen LogP contribution in [0, 0.1) is 0 Å². The monoisotopic (exact) mass is 172 g/mol. The topological polar surface area (TPSA) is 0 Å². The summed E-state index contributed by atoms with van der Waals surface area (Å²) in [4.78, 5) is 0. The molecule has 1 saturated heterocycles. The van der Waals surface area contributed by atoms with Crippen LogP contribution in [-0.2, 0) is 0 Å². The predicted octanol–water partition coefficient (Wildman–Crippen LogP) is 2.90. The largest absolute Gasteiger partial charge is 0.142 e. The normalized spacial score (nSPS) is 27.4. The number of thioether (sulfide) groups is 2. The van der Waals surface area contributed by atoms with Gasteiger partial charge in [-0.15, -0.1) is 23.5 Å². The highest BCUT2D eigenvalue weighted by Gasteiger charge is 2.21. The Kier molecular flexibility index (Phi) is 2.29. The third-order valence-corrected chi connectivity index (χ3v) is 5.17. The van der Waals surface area contributed by atoms with Crippen LogP contribution < -0.4 is 0 Å². The van der Waals surface area contributed by atoms with E-state index in [0.29, 0.717) is 0 Å². The molecule has 2 aliphatic rings. The molecule has 1 heterocycles. The third kappa shape index (κ3) is 1.37. The lowest BCUT2D eigenvalue weighted by molar-refractivity contribution is 0.905. The van der Waals surface area contributed by atoms with Crippen molar-refractivity contribution in [1.29, 1.82) is 0 Å². The number of allylic oxidation sites excluding steroid dienone is 1. The highest BCUT2D eigenvalue weighted by molar-refractivity contribution is 8.20. The van der Waals surface area contributed by atoms with Gasteiger partial charge in [0.05, 0.1) is 4.58 Å². The van der Waals surface area contributed by atoms with E-state index in [9.17, 15) is 0 Å². The molecule has 0 nitrogen and oxygen atoms in total. The van der Waals surface area contributed by atoms with Crippen LogP contribution >= 0.6 is 23.5 Å². The fourth-order valence-electron chi connectivity index (χ4n) is 1.48. The lowest BCUT2D eigenvalue weighted by Crippen LogP contribution is -1.93. The summed E-state index contributed by atoms with van der Waals surface area (Å²) in [7, 11) is 0. The number of rotatable bonds is 1. The zero-order valence-electron chi connectivity index (χ0n) is 6.01. The Balaban J connectivity index is 1.97. The van der Waals surface area contributed by atoms with Gasteiger partial charge in [0.25, 0.3) is 0 Å². The molecule has 0 radical (unpaired) electrons. The molecule has 0 aromatic carbocycles. The molecule has 0 amide bonds. The van der Waals surface area contributed by atoms with Gasteiger partial charge in [-0.2, -0.15) is 0 Å². The van der Waals surface area contributed by atoms with E-state index in [0.717, 1.165) is 4.58 Å². The molecule has 1 aliphatic heterocycles. The minimum atomic E-state index is 0.850. The fourth-order valence-corrected chi connectivity index (χ4v) is 4.50. The van der Waals surface area contributed by atoms with Crippen molar-refractivity contribution in [3.63, 3.8) is 0 Å². The Morgan fingerprint density at radius 2 is 2.10 bits per heavy atom. The van der Waals surface area contributed by atoms with Crippen molar-refractivity contribution in [2.75, 3.05) is 11.5 Å². The van der Waals surface area contributed by atoms with Gasteiger partial charge in [-0.25, -0.2) is 0 Å². The van der Waals surface area contributed by atoms with Gasteiger partial charge in [-0.1, -0.05) is 11.6 Å². The quantitative estimate of drug-likeness (QED) is 0.558. The Morgan fingerprint density at radius 1 is 1.30 bits per heavy atom. The van der Waals surface area contributed by atoms with Gasteiger partial charge in [-0.3, -0.25) is 0 Å². The first-order valence-corrected chi connectivity index (χ1v) is 5.99. The van der Waals surface area contributed by atoms with Crippen molar-refractivity contribution in [2.24, 2.45) is 0 Å². The average Bonchev–Trinajstić information content (AvgIpc) is 2.59. The standard InChI is InChI=1S/C8H12S2/c1-2-4-7(3-1)8-9-5-6-10-8/h3,8H,1-2,4-6H2. The van der Waals surface area contributed by atoms with Crippen LogP contribution in [0.15, 0.2) is 11.6 Å². The first kappa shape index (κ1) is 7.11. The molecule has 1 fully saturated rings. The number of hydrogen-bond acceptors (Lipinski definition) is 2. The lowest BCUT2D eigenvalue weighted by Gasteiger charge is -2.07. The zero-order valence-corrected chi connectivity index (χ0v) is 7.64. The summed E-state index contributed by atoms with van der Waals surface area (Å²) in [5, 5.41) is 0. The minimum absolute atomic E-state index is 0.850. The van der Waals surface area contributed by atoms with Crippen molar-refractivity contribution < 1.29 is 0 Å². The van der Waals surface area contributed by atoms with E-state index in [1.54, 1.807) is 5.57 Å². The molecule has 10 heavy (non-hydrogen) atoms. The SMILES string of the molecule is C1=C(C2SCCS2)CCC1. The third-order valence-electron chi connectivity index (χ3n) is 2.00. The summed E-state index contributed by atoms with van der Waals surface area (Å²) in [6, 6.07) is 0. The second kappa shape index (κ2) is 3.22. The summed E-state index contributed by atoms with van der Waals surface area (Å²) >= 11 is 4.27. The van der Waals surface area contributed by atoms with E-state index in [1.165, 1.54) is 30.8 Å². The van der Waals surface area contributed by atoms with Crippen molar-refractivity contribution in [1.82, 2.24) is 0 Å². The molecule has 2 rings (SSSR count). The molecular weight excluding hydrogens is 160 g/mol. The molecule has 2 heteroatoms. The summed E-state index contributed by atoms with van der Waals surface area (Å²) in [6.07, 6.45) is 6.58. The molecular formula is C8H12S2. The molecule has 0 saturated carbocycles. The molecule has 0 atom stereocenters. The van der Waals surface area contributed by atoms with Crippen LogP contribution in [0.1, 0.15) is 19.3 Å². The summed E-state index contributed by atoms with van der Waals surface area (Å²) in [6.45, 7) is 0. The minimum Gasteiger partial charge on any atom is -0.142 e. The van der Waals surface area contributed by atoms with Crippen LogP contribution in [0.25, 0.3) is 0 Å². The summed E-state index contributed by atoms with van der Waals surface area (Å²) in [5.74, 6) is 2.74.